The van der Waals surface area contributed by atoms with Gasteiger partial charge in [-0.25, -0.2) is 4.98 Å². The van der Waals surface area contributed by atoms with Gasteiger partial charge in [-0.2, -0.15) is 0 Å². The van der Waals surface area contributed by atoms with Crippen molar-refractivity contribution >= 4 is 11.6 Å². The Bertz CT molecular complexity index is 579. The molecule has 0 bridgehead atoms. The number of halogens is 1. The zero-order chi connectivity index (χ0) is 14.7. The van der Waals surface area contributed by atoms with Gasteiger partial charge in [0.25, 0.3) is 0 Å². The molecule has 108 valence electrons. The van der Waals surface area contributed by atoms with Crippen LogP contribution in [0.15, 0.2) is 30.7 Å². The Kier molecular flexibility index (Phi) is 4.68. The maximum atomic E-state index is 9.77. The molecule has 0 aliphatic heterocycles. The highest BCUT2D eigenvalue weighted by Crippen LogP contribution is 2.29. The summed E-state index contributed by atoms with van der Waals surface area (Å²) in [5, 5.41) is 10.4. The zero-order valence-electron chi connectivity index (χ0n) is 11.9. The third-order valence-corrected chi connectivity index (χ3v) is 3.34. The van der Waals surface area contributed by atoms with Crippen LogP contribution in [0.1, 0.15) is 44.2 Å². The Morgan fingerprint density at radius 2 is 2.10 bits per heavy atom. The smallest absolute Gasteiger partial charge is 0.130 e. The lowest BCUT2D eigenvalue weighted by Crippen LogP contribution is -2.08. The zero-order valence-corrected chi connectivity index (χ0v) is 12.6. The predicted octanol–water partition coefficient (Wildman–Crippen LogP) is 3.75. The molecule has 0 spiro atoms. The Labute approximate surface area is 124 Å². The van der Waals surface area contributed by atoms with Gasteiger partial charge in [0.05, 0.1) is 24.3 Å². The first kappa shape index (κ1) is 14.9. The molecule has 0 saturated carbocycles. The molecule has 1 aromatic heterocycles. The van der Waals surface area contributed by atoms with Gasteiger partial charge in [-0.15, -0.1) is 0 Å². The molecule has 0 amide bonds. The van der Waals surface area contributed by atoms with Crippen molar-refractivity contribution in [3.05, 3.63) is 47.0 Å². The van der Waals surface area contributed by atoms with Gasteiger partial charge in [0.2, 0.25) is 0 Å². The molecule has 0 saturated heterocycles. The highest BCUT2D eigenvalue weighted by molar-refractivity contribution is 6.30. The number of nitrogens with zero attached hydrogens (tertiary/aromatic N) is 2. The molecule has 2 rings (SSSR count). The van der Waals surface area contributed by atoms with Crippen molar-refractivity contribution < 1.29 is 9.84 Å². The second-order valence-electron chi connectivity index (χ2n) is 5.03. The minimum absolute atomic E-state index is 0.331. The third kappa shape index (κ3) is 3.32. The van der Waals surface area contributed by atoms with Crippen LogP contribution in [0.4, 0.5) is 0 Å². The standard InChI is InChI=1S/C15H19ClN2O2/c1-10(2)18-9-17-7-13(18)8-20-15-5-4-12(16)6-14(15)11(3)19/h4-7,9-11,19H,8H2,1-3H3/t11-/m1/s1. The van der Waals surface area contributed by atoms with Crippen molar-refractivity contribution in [3.63, 3.8) is 0 Å². The van der Waals surface area contributed by atoms with E-state index in [0.717, 1.165) is 5.69 Å². The molecule has 0 fully saturated rings. The Balaban J connectivity index is 2.17. The minimum atomic E-state index is -0.626. The summed E-state index contributed by atoms with van der Waals surface area (Å²) in [6.07, 6.45) is 2.96. The number of hydrogen-bond acceptors (Lipinski definition) is 3. The lowest BCUT2D eigenvalue weighted by Gasteiger charge is -2.16. The number of imidazole rings is 1. The van der Waals surface area contributed by atoms with E-state index in [9.17, 15) is 5.11 Å². The van der Waals surface area contributed by atoms with E-state index in [0.29, 0.717) is 29.0 Å². The summed E-state index contributed by atoms with van der Waals surface area (Å²) >= 11 is 5.95. The Morgan fingerprint density at radius 1 is 1.35 bits per heavy atom. The molecule has 1 N–H and O–H groups in total. The predicted molar refractivity (Wildman–Crippen MR) is 79.0 cm³/mol. The molecular weight excluding hydrogens is 276 g/mol. The maximum absolute atomic E-state index is 9.77. The fraction of sp³-hybridized carbons (Fsp3) is 0.400. The van der Waals surface area contributed by atoms with Crippen molar-refractivity contribution in [2.75, 3.05) is 0 Å². The summed E-state index contributed by atoms with van der Waals surface area (Å²) in [4.78, 5) is 4.14. The Morgan fingerprint density at radius 3 is 2.75 bits per heavy atom. The maximum Gasteiger partial charge on any atom is 0.130 e. The fourth-order valence-electron chi connectivity index (χ4n) is 2.04. The molecule has 0 unspecified atom stereocenters. The van der Waals surface area contributed by atoms with E-state index in [-0.39, 0.29) is 0 Å². The number of aromatic nitrogens is 2. The molecule has 1 aromatic carbocycles. The van der Waals surface area contributed by atoms with Gasteiger partial charge in [-0.1, -0.05) is 11.6 Å². The normalized spacial score (nSPS) is 12.7. The van der Waals surface area contributed by atoms with E-state index in [1.807, 2.05) is 0 Å². The summed E-state index contributed by atoms with van der Waals surface area (Å²) in [5.74, 6) is 0.640. The quantitative estimate of drug-likeness (QED) is 0.913. The molecule has 0 aliphatic rings. The third-order valence-electron chi connectivity index (χ3n) is 3.10. The average Bonchev–Trinajstić information content (AvgIpc) is 2.85. The molecular formula is C15H19ClN2O2. The van der Waals surface area contributed by atoms with Gasteiger partial charge in [0, 0.05) is 16.6 Å². The SMILES string of the molecule is CC(C)n1cncc1COc1ccc(Cl)cc1[C@@H](C)O. The van der Waals surface area contributed by atoms with Crippen LogP contribution < -0.4 is 4.74 Å². The van der Waals surface area contributed by atoms with Crippen LogP contribution in [0.25, 0.3) is 0 Å². The first-order chi connectivity index (χ1) is 9.49. The highest BCUT2D eigenvalue weighted by atomic mass is 35.5. The van der Waals surface area contributed by atoms with E-state index in [1.165, 1.54) is 0 Å². The van der Waals surface area contributed by atoms with Crippen LogP contribution in [-0.4, -0.2) is 14.7 Å². The fourth-order valence-corrected chi connectivity index (χ4v) is 2.22. The van der Waals surface area contributed by atoms with Crippen LogP contribution in [0.2, 0.25) is 5.02 Å². The van der Waals surface area contributed by atoms with Crippen LogP contribution >= 0.6 is 11.6 Å². The monoisotopic (exact) mass is 294 g/mol. The minimum Gasteiger partial charge on any atom is -0.487 e. The van der Waals surface area contributed by atoms with Crippen molar-refractivity contribution in [1.82, 2.24) is 9.55 Å². The summed E-state index contributed by atoms with van der Waals surface area (Å²) < 4.78 is 7.86. The lowest BCUT2D eigenvalue weighted by molar-refractivity contribution is 0.189. The molecule has 20 heavy (non-hydrogen) atoms. The number of aliphatic hydroxyl groups excluding tert-OH is 1. The van der Waals surface area contributed by atoms with Gasteiger partial charge < -0.3 is 14.4 Å². The Hall–Kier alpha value is -1.52. The van der Waals surface area contributed by atoms with Gasteiger partial charge in [-0.3, -0.25) is 0 Å². The summed E-state index contributed by atoms with van der Waals surface area (Å²) in [5.41, 5.74) is 1.68. The van der Waals surface area contributed by atoms with Crippen LogP contribution in [0.3, 0.4) is 0 Å². The van der Waals surface area contributed by atoms with Crippen molar-refractivity contribution in [1.29, 1.82) is 0 Å². The highest BCUT2D eigenvalue weighted by Gasteiger charge is 2.12. The molecule has 1 atom stereocenters. The van der Waals surface area contributed by atoms with Crippen LogP contribution in [-0.2, 0) is 6.61 Å². The molecule has 0 radical (unpaired) electrons. The van der Waals surface area contributed by atoms with Crippen molar-refractivity contribution in [2.24, 2.45) is 0 Å². The summed E-state index contributed by atoms with van der Waals surface area (Å²) in [6, 6.07) is 5.59. The molecule has 5 heteroatoms. The molecule has 0 aliphatic carbocycles. The van der Waals surface area contributed by atoms with E-state index in [4.69, 9.17) is 16.3 Å². The number of ether oxygens (including phenoxy) is 1. The lowest BCUT2D eigenvalue weighted by atomic mass is 10.1. The second kappa shape index (κ2) is 6.29. The summed E-state index contributed by atoms with van der Waals surface area (Å²) in [7, 11) is 0. The number of benzene rings is 1. The summed E-state index contributed by atoms with van der Waals surface area (Å²) in [6.45, 7) is 6.28. The van der Waals surface area contributed by atoms with E-state index in [1.54, 1.807) is 37.6 Å². The average molecular weight is 295 g/mol. The van der Waals surface area contributed by atoms with Crippen LogP contribution in [0.5, 0.6) is 5.75 Å². The van der Waals surface area contributed by atoms with Crippen molar-refractivity contribution in [2.45, 2.75) is 39.5 Å². The molecule has 4 nitrogen and oxygen atoms in total. The first-order valence-corrected chi connectivity index (χ1v) is 6.98. The number of rotatable bonds is 5. The van der Waals surface area contributed by atoms with E-state index < -0.39 is 6.10 Å². The van der Waals surface area contributed by atoms with Crippen LogP contribution in [0, 0.1) is 0 Å². The molecule has 2 aromatic rings. The van der Waals surface area contributed by atoms with Gasteiger partial charge in [-0.05, 0) is 39.0 Å². The topological polar surface area (TPSA) is 47.3 Å². The first-order valence-electron chi connectivity index (χ1n) is 6.60. The second-order valence-corrected chi connectivity index (χ2v) is 5.47. The van der Waals surface area contributed by atoms with Gasteiger partial charge >= 0.3 is 0 Å². The number of hydrogen-bond donors (Lipinski definition) is 1. The van der Waals surface area contributed by atoms with E-state index >= 15 is 0 Å². The van der Waals surface area contributed by atoms with Gasteiger partial charge in [0.15, 0.2) is 0 Å². The van der Waals surface area contributed by atoms with Crippen molar-refractivity contribution in [3.8, 4) is 5.75 Å². The van der Waals surface area contributed by atoms with Gasteiger partial charge in [0.1, 0.15) is 12.4 Å². The largest absolute Gasteiger partial charge is 0.487 e. The molecule has 1 heterocycles. The van der Waals surface area contributed by atoms with E-state index in [2.05, 4.69) is 23.4 Å². The number of aliphatic hydroxyl groups is 1.